The zero-order chi connectivity index (χ0) is 9.14. The Hall–Kier alpha value is -1.58. The Balaban J connectivity index is 2.89. The molecule has 2 N–H and O–H groups in total. The summed E-state index contributed by atoms with van der Waals surface area (Å²) in [7, 11) is 0. The maximum Gasteiger partial charge on any atom is 0.311 e. The molecule has 0 aliphatic carbocycles. The molecule has 12 heavy (non-hydrogen) atoms. The Bertz CT molecular complexity index is 315. The first-order chi connectivity index (χ1) is 5.63. The Labute approximate surface area is 70.0 Å². The second-order valence-corrected chi connectivity index (χ2v) is 2.47. The highest BCUT2D eigenvalue weighted by Gasteiger charge is 2.06. The average Bonchev–Trinajstić information content (AvgIpc) is 2.29. The van der Waals surface area contributed by atoms with E-state index in [0.29, 0.717) is 11.5 Å². The summed E-state index contributed by atoms with van der Waals surface area (Å²) < 4.78 is 0. The molecule has 0 aliphatic heterocycles. The minimum Gasteiger partial charge on any atom is -0.481 e. The number of nitrogens with one attached hydrogen (secondary N) is 1. The third-order valence-corrected chi connectivity index (χ3v) is 1.48. The van der Waals surface area contributed by atoms with Crippen molar-refractivity contribution in [2.45, 2.75) is 13.3 Å². The summed E-state index contributed by atoms with van der Waals surface area (Å²) in [5.41, 5.74) is 1.56. The molecule has 0 aliphatic rings. The van der Waals surface area contributed by atoms with Gasteiger partial charge in [-0.25, -0.2) is 4.98 Å². The molecule has 4 heteroatoms. The minimum absolute atomic E-state index is 0.0747. The number of H-pyrrole nitrogens is 1. The lowest BCUT2D eigenvalue weighted by molar-refractivity contribution is -0.136. The van der Waals surface area contributed by atoms with Gasteiger partial charge < -0.3 is 10.1 Å². The number of aliphatic carboxylic acids is 1. The predicted molar refractivity (Wildman–Crippen MR) is 44.8 cm³/mol. The average molecular weight is 166 g/mol. The largest absolute Gasteiger partial charge is 0.481 e. The normalized spacial score (nSPS) is 9.75. The monoisotopic (exact) mass is 166 g/mol. The third kappa shape index (κ3) is 1.72. The first kappa shape index (κ1) is 8.52. The summed E-state index contributed by atoms with van der Waals surface area (Å²) in [6.07, 6.45) is 1.52. The van der Waals surface area contributed by atoms with E-state index in [-0.39, 0.29) is 6.42 Å². The van der Waals surface area contributed by atoms with Crippen LogP contribution in [0, 0.1) is 6.92 Å². The van der Waals surface area contributed by atoms with Crippen LogP contribution in [-0.4, -0.2) is 21.0 Å². The van der Waals surface area contributed by atoms with Crippen molar-refractivity contribution in [2.75, 3.05) is 0 Å². The fourth-order valence-electron chi connectivity index (χ4n) is 0.963. The van der Waals surface area contributed by atoms with Crippen molar-refractivity contribution in [3.63, 3.8) is 0 Å². The number of carboxylic acid groups (broad SMARTS) is 1. The number of nitrogens with zero attached hydrogens (tertiary/aromatic N) is 1. The van der Waals surface area contributed by atoms with Crippen molar-refractivity contribution in [2.24, 2.45) is 0 Å². The molecular formula is C8H10N2O2. The molecule has 0 atom stereocenters. The van der Waals surface area contributed by atoms with Crippen molar-refractivity contribution >= 4 is 12.0 Å². The number of carbonyl (C=O) groups is 1. The Morgan fingerprint density at radius 3 is 2.92 bits per heavy atom. The fraction of sp³-hybridized carbons (Fsp3) is 0.250. The molecule has 0 aromatic carbocycles. The van der Waals surface area contributed by atoms with E-state index in [9.17, 15) is 4.79 Å². The van der Waals surface area contributed by atoms with E-state index in [1.165, 1.54) is 0 Å². The van der Waals surface area contributed by atoms with E-state index in [0.717, 1.165) is 5.69 Å². The lowest BCUT2D eigenvalue weighted by Crippen LogP contribution is -2.01. The van der Waals surface area contributed by atoms with Gasteiger partial charge in [-0.3, -0.25) is 4.79 Å². The Morgan fingerprint density at radius 1 is 1.83 bits per heavy atom. The van der Waals surface area contributed by atoms with Crippen LogP contribution in [0.1, 0.15) is 17.2 Å². The topological polar surface area (TPSA) is 66.0 Å². The maximum absolute atomic E-state index is 10.3. The van der Waals surface area contributed by atoms with Gasteiger partial charge in [-0.2, -0.15) is 0 Å². The van der Waals surface area contributed by atoms with Crippen LogP contribution >= 0.6 is 0 Å². The third-order valence-electron chi connectivity index (χ3n) is 1.48. The lowest BCUT2D eigenvalue weighted by atomic mass is 10.3. The Morgan fingerprint density at radius 2 is 2.50 bits per heavy atom. The summed E-state index contributed by atoms with van der Waals surface area (Å²) >= 11 is 0. The van der Waals surface area contributed by atoms with Gasteiger partial charge in [0.1, 0.15) is 12.2 Å². The van der Waals surface area contributed by atoms with Crippen LogP contribution in [0.4, 0.5) is 0 Å². The summed E-state index contributed by atoms with van der Waals surface area (Å²) in [5.74, 6) is -0.422. The van der Waals surface area contributed by atoms with Crippen LogP contribution in [-0.2, 0) is 11.2 Å². The zero-order valence-electron chi connectivity index (χ0n) is 6.79. The molecule has 0 radical (unpaired) electrons. The van der Waals surface area contributed by atoms with Gasteiger partial charge in [0.2, 0.25) is 0 Å². The molecule has 1 aromatic rings. The summed E-state index contributed by atoms with van der Waals surface area (Å²) in [6.45, 7) is 5.38. The smallest absolute Gasteiger partial charge is 0.311 e. The lowest BCUT2D eigenvalue weighted by Gasteiger charge is -1.86. The molecule has 0 saturated carbocycles. The Kier molecular flexibility index (Phi) is 2.28. The summed E-state index contributed by atoms with van der Waals surface area (Å²) in [4.78, 5) is 17.2. The van der Waals surface area contributed by atoms with E-state index in [1.807, 2.05) is 6.92 Å². The second kappa shape index (κ2) is 3.21. The van der Waals surface area contributed by atoms with E-state index >= 15 is 0 Å². The molecule has 0 spiro atoms. The zero-order valence-corrected chi connectivity index (χ0v) is 6.79. The highest BCUT2D eigenvalue weighted by molar-refractivity contribution is 5.69. The SMILES string of the molecule is C=Cc1nc(CC(=O)O)[nH]c1C. The molecule has 64 valence electrons. The highest BCUT2D eigenvalue weighted by Crippen LogP contribution is 2.06. The van der Waals surface area contributed by atoms with E-state index in [2.05, 4.69) is 16.5 Å². The van der Waals surface area contributed by atoms with E-state index in [1.54, 1.807) is 6.08 Å². The van der Waals surface area contributed by atoms with Crippen molar-refractivity contribution < 1.29 is 9.90 Å². The van der Waals surface area contributed by atoms with Crippen LogP contribution in [0.15, 0.2) is 6.58 Å². The number of imidazole rings is 1. The van der Waals surface area contributed by atoms with Gasteiger partial charge >= 0.3 is 5.97 Å². The van der Waals surface area contributed by atoms with Gasteiger partial charge in [0.15, 0.2) is 0 Å². The molecule has 1 aromatic heterocycles. The van der Waals surface area contributed by atoms with Crippen molar-refractivity contribution in [1.29, 1.82) is 0 Å². The quantitative estimate of drug-likeness (QED) is 0.703. The van der Waals surface area contributed by atoms with Crippen LogP contribution in [0.3, 0.4) is 0 Å². The molecule has 1 rings (SSSR count). The standard InChI is InChI=1S/C8H10N2O2/c1-3-6-5(2)9-7(10-6)4-8(11)12/h3H,1,4H2,2H3,(H,9,10)(H,11,12). The molecule has 1 heterocycles. The van der Waals surface area contributed by atoms with Crippen LogP contribution in [0.5, 0.6) is 0 Å². The maximum atomic E-state index is 10.3. The first-order valence-electron chi connectivity index (χ1n) is 3.53. The van der Waals surface area contributed by atoms with Crippen LogP contribution < -0.4 is 0 Å². The molecular weight excluding hydrogens is 156 g/mol. The number of carboxylic acids is 1. The van der Waals surface area contributed by atoms with Gasteiger partial charge in [0, 0.05) is 5.69 Å². The summed E-state index contributed by atoms with van der Waals surface area (Å²) in [5, 5.41) is 8.45. The molecule has 4 nitrogen and oxygen atoms in total. The van der Waals surface area contributed by atoms with Crippen molar-refractivity contribution in [3.8, 4) is 0 Å². The number of hydrogen-bond donors (Lipinski definition) is 2. The number of hydrogen-bond acceptors (Lipinski definition) is 2. The first-order valence-corrected chi connectivity index (χ1v) is 3.53. The molecule has 0 amide bonds. The van der Waals surface area contributed by atoms with Gasteiger partial charge in [-0.05, 0) is 13.0 Å². The number of rotatable bonds is 3. The molecule has 0 unspecified atom stereocenters. The molecule has 0 saturated heterocycles. The highest BCUT2D eigenvalue weighted by atomic mass is 16.4. The number of aromatic amines is 1. The van der Waals surface area contributed by atoms with Gasteiger partial charge in [0.05, 0.1) is 5.69 Å². The second-order valence-electron chi connectivity index (χ2n) is 2.47. The summed E-state index contributed by atoms with van der Waals surface area (Å²) in [6, 6.07) is 0. The fourth-order valence-corrected chi connectivity index (χ4v) is 0.963. The van der Waals surface area contributed by atoms with E-state index < -0.39 is 5.97 Å². The molecule has 0 fully saturated rings. The van der Waals surface area contributed by atoms with Crippen LogP contribution in [0.25, 0.3) is 6.08 Å². The van der Waals surface area contributed by atoms with Gasteiger partial charge in [-0.1, -0.05) is 6.58 Å². The van der Waals surface area contributed by atoms with E-state index in [4.69, 9.17) is 5.11 Å². The van der Waals surface area contributed by atoms with Crippen LogP contribution in [0.2, 0.25) is 0 Å². The number of aromatic nitrogens is 2. The van der Waals surface area contributed by atoms with Gasteiger partial charge in [0.25, 0.3) is 0 Å². The van der Waals surface area contributed by atoms with Crippen molar-refractivity contribution in [1.82, 2.24) is 9.97 Å². The molecule has 0 bridgehead atoms. The number of aryl methyl sites for hydroxylation is 1. The van der Waals surface area contributed by atoms with Crippen molar-refractivity contribution in [3.05, 3.63) is 23.8 Å². The minimum atomic E-state index is -0.889. The van der Waals surface area contributed by atoms with Gasteiger partial charge in [-0.15, -0.1) is 0 Å². The predicted octanol–water partition coefficient (Wildman–Crippen LogP) is 0.988.